The summed E-state index contributed by atoms with van der Waals surface area (Å²) in [6.45, 7) is 8.79. The van der Waals surface area contributed by atoms with Crippen LogP contribution in [0, 0.1) is 0 Å². The smallest absolute Gasteiger partial charge is 0.220 e. The molecule has 0 atom stereocenters. The van der Waals surface area contributed by atoms with E-state index in [0.717, 1.165) is 13.1 Å². The number of nitrogens with zero attached hydrogens (tertiary/aromatic N) is 1. The van der Waals surface area contributed by atoms with Crippen molar-refractivity contribution in [2.24, 2.45) is 0 Å². The minimum atomic E-state index is 0.140. The second kappa shape index (κ2) is 4.08. The summed E-state index contributed by atoms with van der Waals surface area (Å²) in [5.41, 5.74) is 2.50. The number of rotatable bonds is 2. The highest BCUT2D eigenvalue weighted by atomic mass is 16.2. The van der Waals surface area contributed by atoms with Gasteiger partial charge < -0.3 is 4.90 Å². The molecule has 0 unspecified atom stereocenters. The van der Waals surface area contributed by atoms with Crippen LogP contribution in [0.4, 0.5) is 0 Å². The molecule has 70 valence electrons. The Hall–Kier alpha value is -1.31. The second-order valence-corrected chi connectivity index (χ2v) is 3.28. The molecule has 0 aliphatic carbocycles. The molecule has 1 heterocycles. The van der Waals surface area contributed by atoms with Gasteiger partial charge in [-0.15, -0.1) is 0 Å². The molecule has 2 heteroatoms. The molecule has 0 spiro atoms. The number of hydrogen-bond donors (Lipinski definition) is 0. The number of allylic oxidation sites excluding steroid dienone is 2. The topological polar surface area (TPSA) is 20.3 Å². The van der Waals surface area contributed by atoms with Crippen LogP contribution in [0.15, 0.2) is 36.0 Å². The predicted octanol–water partition coefficient (Wildman–Crippen LogP) is 1.91. The van der Waals surface area contributed by atoms with E-state index in [1.54, 1.807) is 13.0 Å². The van der Waals surface area contributed by atoms with Crippen LogP contribution < -0.4 is 0 Å². The maximum absolute atomic E-state index is 11.1. The van der Waals surface area contributed by atoms with Crippen LogP contribution in [0.5, 0.6) is 0 Å². The lowest BCUT2D eigenvalue weighted by molar-refractivity contribution is -0.127. The van der Waals surface area contributed by atoms with Crippen molar-refractivity contribution in [3.05, 3.63) is 36.0 Å². The first-order valence-corrected chi connectivity index (χ1v) is 4.38. The van der Waals surface area contributed by atoms with Gasteiger partial charge in [0.1, 0.15) is 0 Å². The second-order valence-electron chi connectivity index (χ2n) is 3.28. The van der Waals surface area contributed by atoms with E-state index in [4.69, 9.17) is 0 Å². The monoisotopic (exact) mass is 177 g/mol. The molecule has 0 aromatic heterocycles. The zero-order valence-corrected chi connectivity index (χ0v) is 8.21. The normalized spacial score (nSPS) is 17.2. The molecule has 0 radical (unpaired) electrons. The highest BCUT2D eigenvalue weighted by molar-refractivity contribution is 5.74. The van der Waals surface area contributed by atoms with Gasteiger partial charge in [-0.1, -0.05) is 24.8 Å². The molecular weight excluding hydrogens is 162 g/mol. The van der Waals surface area contributed by atoms with Gasteiger partial charge >= 0.3 is 0 Å². The molecule has 0 N–H and O–H groups in total. The number of amides is 1. The van der Waals surface area contributed by atoms with Crippen LogP contribution in [0.25, 0.3) is 0 Å². The Balaban J connectivity index is 2.67. The van der Waals surface area contributed by atoms with Gasteiger partial charge in [-0.05, 0) is 18.1 Å². The van der Waals surface area contributed by atoms with Crippen molar-refractivity contribution in [1.82, 2.24) is 4.90 Å². The van der Waals surface area contributed by atoms with Crippen molar-refractivity contribution in [2.45, 2.75) is 13.8 Å². The van der Waals surface area contributed by atoms with E-state index in [1.165, 1.54) is 11.1 Å². The summed E-state index contributed by atoms with van der Waals surface area (Å²) in [7, 11) is 0. The summed E-state index contributed by atoms with van der Waals surface area (Å²) < 4.78 is 0. The quantitative estimate of drug-likeness (QED) is 0.590. The number of hydrogen-bond acceptors (Lipinski definition) is 1. The Morgan fingerprint density at radius 3 is 2.69 bits per heavy atom. The molecule has 2 nitrogen and oxygen atoms in total. The average Bonchev–Trinajstić information content (AvgIpc) is 2.44. The first-order chi connectivity index (χ1) is 6.15. The minimum Gasteiger partial charge on any atom is -0.335 e. The van der Waals surface area contributed by atoms with Gasteiger partial charge in [0.05, 0.1) is 0 Å². The molecule has 1 amide bonds. The molecule has 13 heavy (non-hydrogen) atoms. The van der Waals surface area contributed by atoms with Gasteiger partial charge in [0.15, 0.2) is 0 Å². The largest absolute Gasteiger partial charge is 0.335 e. The van der Waals surface area contributed by atoms with E-state index in [2.05, 4.69) is 13.5 Å². The van der Waals surface area contributed by atoms with Crippen LogP contribution in [0.1, 0.15) is 13.8 Å². The third-order valence-corrected chi connectivity index (χ3v) is 2.22. The lowest BCUT2D eigenvalue weighted by Crippen LogP contribution is -2.26. The zero-order valence-electron chi connectivity index (χ0n) is 8.21. The van der Waals surface area contributed by atoms with E-state index in [1.807, 2.05) is 17.1 Å². The van der Waals surface area contributed by atoms with Gasteiger partial charge in [0, 0.05) is 20.0 Å². The maximum atomic E-state index is 11.1. The first kappa shape index (κ1) is 9.78. The van der Waals surface area contributed by atoms with E-state index in [0.29, 0.717) is 0 Å². The summed E-state index contributed by atoms with van der Waals surface area (Å²) in [5.74, 6) is 0.140. The Morgan fingerprint density at radius 2 is 2.23 bits per heavy atom. The molecule has 0 bridgehead atoms. The van der Waals surface area contributed by atoms with Crippen molar-refractivity contribution in [3.63, 3.8) is 0 Å². The summed E-state index contributed by atoms with van der Waals surface area (Å²) >= 11 is 0. The third kappa shape index (κ3) is 2.31. The SMILES string of the molecule is C=C/C=C\C1=C(C)CN(C(C)=O)C1. The third-order valence-electron chi connectivity index (χ3n) is 2.22. The predicted molar refractivity (Wildman–Crippen MR) is 54.3 cm³/mol. The molecule has 1 aliphatic rings. The summed E-state index contributed by atoms with van der Waals surface area (Å²) in [6.07, 6.45) is 5.67. The number of carbonyl (C=O) groups is 1. The fourth-order valence-electron chi connectivity index (χ4n) is 1.39. The van der Waals surface area contributed by atoms with Crippen LogP contribution in [0.3, 0.4) is 0 Å². The van der Waals surface area contributed by atoms with Gasteiger partial charge in [-0.2, -0.15) is 0 Å². The molecule has 1 rings (SSSR count). The van der Waals surface area contributed by atoms with E-state index in [9.17, 15) is 4.79 Å². The lowest BCUT2D eigenvalue weighted by atomic mass is 10.2. The molecule has 0 fully saturated rings. The van der Waals surface area contributed by atoms with Crippen molar-refractivity contribution < 1.29 is 4.79 Å². The Kier molecular flexibility index (Phi) is 3.07. The number of carbonyl (C=O) groups excluding carboxylic acids is 1. The Morgan fingerprint density at radius 1 is 1.54 bits per heavy atom. The Labute approximate surface area is 79.2 Å². The highest BCUT2D eigenvalue weighted by Crippen LogP contribution is 2.17. The van der Waals surface area contributed by atoms with E-state index in [-0.39, 0.29) is 5.91 Å². The van der Waals surface area contributed by atoms with E-state index >= 15 is 0 Å². The van der Waals surface area contributed by atoms with Gasteiger partial charge in [-0.25, -0.2) is 0 Å². The van der Waals surface area contributed by atoms with Crippen molar-refractivity contribution in [3.8, 4) is 0 Å². The fourth-order valence-corrected chi connectivity index (χ4v) is 1.39. The van der Waals surface area contributed by atoms with Crippen molar-refractivity contribution in [2.75, 3.05) is 13.1 Å². The van der Waals surface area contributed by atoms with Crippen molar-refractivity contribution >= 4 is 5.91 Å². The molecule has 0 saturated carbocycles. The van der Waals surface area contributed by atoms with Gasteiger partial charge in [0.25, 0.3) is 0 Å². The van der Waals surface area contributed by atoms with Crippen LogP contribution in [-0.4, -0.2) is 23.9 Å². The molecule has 0 saturated heterocycles. The van der Waals surface area contributed by atoms with Crippen molar-refractivity contribution in [1.29, 1.82) is 0 Å². The summed E-state index contributed by atoms with van der Waals surface area (Å²) in [6, 6.07) is 0. The molecule has 1 aliphatic heterocycles. The van der Waals surface area contributed by atoms with Gasteiger partial charge in [-0.3, -0.25) is 4.79 Å². The highest BCUT2D eigenvalue weighted by Gasteiger charge is 2.18. The maximum Gasteiger partial charge on any atom is 0.220 e. The van der Waals surface area contributed by atoms with Gasteiger partial charge in [0.2, 0.25) is 5.91 Å². The molecular formula is C11H15NO. The van der Waals surface area contributed by atoms with Crippen LogP contribution >= 0.6 is 0 Å². The fraction of sp³-hybridized carbons (Fsp3) is 0.364. The Bertz CT molecular complexity index is 286. The minimum absolute atomic E-state index is 0.140. The molecule has 0 aromatic rings. The first-order valence-electron chi connectivity index (χ1n) is 4.38. The van der Waals surface area contributed by atoms with Crippen LogP contribution in [0.2, 0.25) is 0 Å². The standard InChI is InChI=1S/C11H15NO/c1-4-5-6-11-8-12(10(3)13)7-9(11)2/h4-6H,1,7-8H2,2-3H3/b6-5-. The summed E-state index contributed by atoms with van der Waals surface area (Å²) in [4.78, 5) is 12.9. The zero-order chi connectivity index (χ0) is 9.84. The summed E-state index contributed by atoms with van der Waals surface area (Å²) in [5, 5.41) is 0. The average molecular weight is 177 g/mol. The van der Waals surface area contributed by atoms with Crippen LogP contribution in [-0.2, 0) is 4.79 Å². The van der Waals surface area contributed by atoms with E-state index < -0.39 is 0 Å². The molecule has 0 aromatic carbocycles. The lowest BCUT2D eigenvalue weighted by Gasteiger charge is -2.12.